The molecule has 1 N–H and O–H groups in total. The van der Waals surface area contributed by atoms with Gasteiger partial charge in [-0.2, -0.15) is 43.9 Å². The molecule has 1 unspecified atom stereocenters. The maximum Gasteiger partial charge on any atom is 0.384 e. The number of aryl methyl sites for hydroxylation is 1. The van der Waals surface area contributed by atoms with Gasteiger partial charge in [0.05, 0.1) is 5.60 Å². The van der Waals surface area contributed by atoms with Gasteiger partial charge in [0.25, 0.3) is 5.67 Å². The van der Waals surface area contributed by atoms with E-state index in [4.69, 9.17) is 0 Å². The van der Waals surface area contributed by atoms with Crippen LogP contribution in [0.5, 0.6) is 0 Å². The predicted molar refractivity (Wildman–Crippen MR) is 78.6 cm³/mol. The molecule has 0 radical (unpaired) electrons. The molecule has 1 saturated carbocycles. The summed E-state index contributed by atoms with van der Waals surface area (Å²) in [5.74, 6) is -35.5. The van der Waals surface area contributed by atoms with Crippen molar-refractivity contribution in [1.82, 2.24) is 0 Å². The third-order valence-electron chi connectivity index (χ3n) is 5.14. The van der Waals surface area contributed by atoms with Crippen LogP contribution in [-0.4, -0.2) is 40.4 Å². The minimum Gasteiger partial charge on any atom is -0.385 e. The summed E-state index contributed by atoms with van der Waals surface area (Å²) in [5.41, 5.74) is -9.76. The van der Waals surface area contributed by atoms with Gasteiger partial charge >= 0.3 is 29.6 Å². The summed E-state index contributed by atoms with van der Waals surface area (Å²) in [6.45, 7) is 1.91. The average Bonchev–Trinajstić information content (AvgIpc) is 2.59. The number of rotatable bonds is 4. The maximum absolute atomic E-state index is 14.9. The quantitative estimate of drug-likeness (QED) is 0.587. The van der Waals surface area contributed by atoms with Crippen LogP contribution in [0.1, 0.15) is 31.4 Å². The van der Waals surface area contributed by atoms with Crippen LogP contribution < -0.4 is 0 Å². The van der Waals surface area contributed by atoms with Gasteiger partial charge in [-0.15, -0.1) is 0 Å². The highest BCUT2D eigenvalue weighted by molar-refractivity contribution is 5.35. The van der Waals surface area contributed by atoms with Crippen molar-refractivity contribution < 1.29 is 53.4 Å². The lowest BCUT2D eigenvalue weighted by Crippen LogP contribution is -2.84. The average molecular weight is 444 g/mol. The molecular weight excluding hydrogens is 429 g/mol. The molecular formula is C17H15F11O. The van der Waals surface area contributed by atoms with E-state index in [1.165, 1.54) is 19.1 Å². The van der Waals surface area contributed by atoms with E-state index in [1.54, 1.807) is 0 Å². The monoisotopic (exact) mass is 444 g/mol. The van der Waals surface area contributed by atoms with Crippen molar-refractivity contribution in [2.75, 3.05) is 0 Å². The van der Waals surface area contributed by atoms with Crippen molar-refractivity contribution in [1.29, 1.82) is 0 Å². The van der Waals surface area contributed by atoms with Crippen molar-refractivity contribution >= 4 is 0 Å². The standard InChI is InChI=1S/C17H15F11O/c1-3-9-6-4-5-7-10(9)11(2,29)8-12(18)13(19,20)15(23,24)17(27,28)16(25,26)14(12,21)22/h4-7,29H,3,8H2,1-2H3. The third-order valence-corrected chi connectivity index (χ3v) is 5.14. The minimum atomic E-state index is -7.27. The van der Waals surface area contributed by atoms with E-state index in [0.717, 1.165) is 12.1 Å². The van der Waals surface area contributed by atoms with Crippen LogP contribution in [0.4, 0.5) is 48.3 Å². The van der Waals surface area contributed by atoms with Crippen LogP contribution in [-0.2, 0) is 12.0 Å². The van der Waals surface area contributed by atoms with Gasteiger partial charge in [0.15, 0.2) is 0 Å². The molecule has 0 amide bonds. The van der Waals surface area contributed by atoms with Gasteiger partial charge in [-0.05, 0) is 24.5 Å². The Hall–Kier alpha value is -1.59. The molecule has 29 heavy (non-hydrogen) atoms. The SMILES string of the molecule is CCc1ccccc1C(C)(O)CC1(F)C(F)(F)C(F)(F)C(F)(F)C(F)(F)C1(F)F. The molecule has 1 nitrogen and oxygen atoms in total. The van der Waals surface area contributed by atoms with E-state index in [0.29, 0.717) is 6.92 Å². The largest absolute Gasteiger partial charge is 0.385 e. The molecule has 0 saturated heterocycles. The van der Waals surface area contributed by atoms with Crippen LogP contribution in [0.25, 0.3) is 0 Å². The third kappa shape index (κ3) is 2.63. The van der Waals surface area contributed by atoms with Crippen LogP contribution in [0.15, 0.2) is 24.3 Å². The van der Waals surface area contributed by atoms with E-state index < -0.39 is 52.9 Å². The van der Waals surface area contributed by atoms with Gasteiger partial charge < -0.3 is 5.11 Å². The first kappa shape index (κ1) is 23.7. The Balaban J connectivity index is 2.74. The second-order valence-corrected chi connectivity index (χ2v) is 7.13. The highest BCUT2D eigenvalue weighted by Gasteiger charge is 3.01. The summed E-state index contributed by atoms with van der Waals surface area (Å²) < 4.78 is 152. The topological polar surface area (TPSA) is 20.2 Å². The Morgan fingerprint density at radius 1 is 0.724 bits per heavy atom. The van der Waals surface area contributed by atoms with Crippen molar-refractivity contribution in [2.45, 2.75) is 67.6 Å². The first-order valence-corrected chi connectivity index (χ1v) is 8.15. The number of benzene rings is 1. The Kier molecular flexibility index (Phi) is 5.07. The fraction of sp³-hybridized carbons (Fsp3) is 0.647. The lowest BCUT2D eigenvalue weighted by Gasteiger charge is -2.53. The Bertz CT molecular complexity index is 755. The Morgan fingerprint density at radius 2 is 1.10 bits per heavy atom. The highest BCUT2D eigenvalue weighted by Crippen LogP contribution is 2.71. The molecule has 0 spiro atoms. The second kappa shape index (κ2) is 6.21. The summed E-state index contributed by atoms with van der Waals surface area (Å²) in [7, 11) is 0. The molecule has 1 aliphatic rings. The maximum atomic E-state index is 14.9. The van der Waals surface area contributed by atoms with Crippen LogP contribution >= 0.6 is 0 Å². The molecule has 0 heterocycles. The molecule has 166 valence electrons. The first-order valence-electron chi connectivity index (χ1n) is 8.15. The van der Waals surface area contributed by atoms with Gasteiger partial charge in [0, 0.05) is 6.42 Å². The van der Waals surface area contributed by atoms with Crippen molar-refractivity contribution in [2.24, 2.45) is 0 Å². The van der Waals surface area contributed by atoms with Crippen molar-refractivity contribution in [3.05, 3.63) is 35.4 Å². The summed E-state index contributed by atoms with van der Waals surface area (Å²) >= 11 is 0. The van der Waals surface area contributed by atoms with E-state index in [2.05, 4.69) is 0 Å². The molecule has 2 rings (SSSR count). The van der Waals surface area contributed by atoms with E-state index in [1.807, 2.05) is 0 Å². The first-order chi connectivity index (χ1) is 12.8. The zero-order valence-electron chi connectivity index (χ0n) is 14.8. The van der Waals surface area contributed by atoms with Gasteiger partial charge in [-0.3, -0.25) is 0 Å². The van der Waals surface area contributed by atoms with Gasteiger partial charge in [-0.1, -0.05) is 31.2 Å². The minimum absolute atomic E-state index is 0.0305. The van der Waals surface area contributed by atoms with E-state index >= 15 is 0 Å². The normalized spacial score (nSPS) is 27.8. The molecule has 1 aliphatic carbocycles. The molecule has 1 atom stereocenters. The molecule has 0 bridgehead atoms. The molecule has 0 aliphatic heterocycles. The lowest BCUT2D eigenvalue weighted by atomic mass is 9.67. The summed E-state index contributed by atoms with van der Waals surface area (Å²) in [4.78, 5) is 0. The van der Waals surface area contributed by atoms with E-state index in [-0.39, 0.29) is 12.0 Å². The van der Waals surface area contributed by atoms with Gasteiger partial charge in [0.2, 0.25) is 0 Å². The molecule has 0 aromatic heterocycles. The summed E-state index contributed by atoms with van der Waals surface area (Å²) in [5, 5.41) is 10.4. The number of hydrogen-bond acceptors (Lipinski definition) is 1. The fourth-order valence-corrected chi connectivity index (χ4v) is 3.43. The lowest BCUT2D eigenvalue weighted by molar-refractivity contribution is -0.488. The van der Waals surface area contributed by atoms with Crippen molar-refractivity contribution in [3.8, 4) is 0 Å². The van der Waals surface area contributed by atoms with Gasteiger partial charge in [0.1, 0.15) is 0 Å². The summed E-state index contributed by atoms with van der Waals surface area (Å²) in [6, 6.07) is 4.72. The fourth-order valence-electron chi connectivity index (χ4n) is 3.43. The molecule has 1 aromatic carbocycles. The zero-order chi connectivity index (χ0) is 22.9. The van der Waals surface area contributed by atoms with Crippen LogP contribution in [0.2, 0.25) is 0 Å². The zero-order valence-corrected chi connectivity index (χ0v) is 14.8. The second-order valence-electron chi connectivity index (χ2n) is 7.13. The summed E-state index contributed by atoms with van der Waals surface area (Å²) in [6.07, 6.45) is -2.68. The Morgan fingerprint density at radius 3 is 1.52 bits per heavy atom. The van der Waals surface area contributed by atoms with E-state index in [9.17, 15) is 53.4 Å². The number of hydrogen-bond donors (Lipinski definition) is 1. The molecule has 1 fully saturated rings. The number of alkyl halides is 11. The molecule has 1 aromatic rings. The highest BCUT2D eigenvalue weighted by atomic mass is 19.4. The van der Waals surface area contributed by atoms with Crippen LogP contribution in [0.3, 0.4) is 0 Å². The number of halogens is 11. The van der Waals surface area contributed by atoms with Crippen molar-refractivity contribution in [3.63, 3.8) is 0 Å². The smallest absolute Gasteiger partial charge is 0.384 e. The Labute approximate surface area is 157 Å². The van der Waals surface area contributed by atoms with Crippen LogP contribution in [0, 0.1) is 0 Å². The predicted octanol–water partition coefficient (Wildman–Crippen LogP) is 5.75. The van der Waals surface area contributed by atoms with Gasteiger partial charge in [-0.25, -0.2) is 4.39 Å². The number of aliphatic hydroxyl groups is 1. The molecule has 12 heteroatoms.